The lowest BCUT2D eigenvalue weighted by molar-refractivity contribution is 0.538. The number of furan rings is 1. The second-order valence-electron chi connectivity index (χ2n) is 3.74. The zero-order chi connectivity index (χ0) is 11.1. The number of aryl methyl sites for hydroxylation is 1. The summed E-state index contributed by atoms with van der Waals surface area (Å²) in [5.74, 6) is 0.529. The Balaban J connectivity index is 2.43. The molecule has 0 radical (unpaired) electrons. The molecule has 0 saturated carbocycles. The Morgan fingerprint density at radius 3 is 2.94 bits per heavy atom. The van der Waals surface area contributed by atoms with Gasteiger partial charge in [-0.05, 0) is 30.7 Å². The van der Waals surface area contributed by atoms with Crippen LogP contribution >= 0.6 is 0 Å². The van der Waals surface area contributed by atoms with Gasteiger partial charge in [0, 0.05) is 6.07 Å². The molecule has 0 fully saturated rings. The Kier molecular flexibility index (Phi) is 1.77. The van der Waals surface area contributed by atoms with E-state index < -0.39 is 0 Å². The molecule has 1 aromatic carbocycles. The minimum atomic E-state index is -0.185. The summed E-state index contributed by atoms with van der Waals surface area (Å²) in [7, 11) is 0. The molecule has 1 N–H and O–H groups in total. The van der Waals surface area contributed by atoms with Gasteiger partial charge in [-0.3, -0.25) is 0 Å². The van der Waals surface area contributed by atoms with Gasteiger partial charge in [-0.2, -0.15) is 0 Å². The van der Waals surface area contributed by atoms with Crippen molar-refractivity contribution in [2.75, 3.05) is 0 Å². The number of hydrogen-bond donors (Lipinski definition) is 1. The van der Waals surface area contributed by atoms with Crippen molar-refractivity contribution in [1.29, 1.82) is 0 Å². The zero-order valence-corrected chi connectivity index (χ0v) is 8.73. The summed E-state index contributed by atoms with van der Waals surface area (Å²) in [6.07, 6.45) is 1.55. The summed E-state index contributed by atoms with van der Waals surface area (Å²) < 4.78 is 6.78. The normalized spacial score (nSPS) is 11.1. The standard InChI is InChI=1S/C12H10N2O2/c1-8-4-5-9-10(7-8)14(12(15)13-9)11-3-2-6-16-11/h2-7H,1H3,(H,13,15). The van der Waals surface area contributed by atoms with Crippen molar-refractivity contribution in [3.63, 3.8) is 0 Å². The topological polar surface area (TPSA) is 50.9 Å². The van der Waals surface area contributed by atoms with Gasteiger partial charge in [0.15, 0.2) is 0 Å². The SMILES string of the molecule is Cc1ccc2[nH]c(=O)n(-c3ccco3)c2c1. The van der Waals surface area contributed by atoms with Crippen LogP contribution in [0.1, 0.15) is 5.56 Å². The van der Waals surface area contributed by atoms with E-state index in [4.69, 9.17) is 4.42 Å². The molecule has 3 aromatic rings. The molecule has 0 aliphatic carbocycles. The number of aromatic nitrogens is 2. The third-order valence-corrected chi connectivity index (χ3v) is 2.57. The van der Waals surface area contributed by atoms with Crippen LogP contribution in [0.3, 0.4) is 0 Å². The van der Waals surface area contributed by atoms with E-state index in [0.717, 1.165) is 16.6 Å². The fraction of sp³-hybridized carbons (Fsp3) is 0.0833. The summed E-state index contributed by atoms with van der Waals surface area (Å²) >= 11 is 0. The maximum atomic E-state index is 11.8. The van der Waals surface area contributed by atoms with E-state index in [2.05, 4.69) is 4.98 Å². The number of nitrogens with one attached hydrogen (secondary N) is 1. The summed E-state index contributed by atoms with van der Waals surface area (Å²) in [4.78, 5) is 14.6. The molecule has 0 aliphatic heterocycles. The van der Waals surface area contributed by atoms with E-state index in [1.54, 1.807) is 18.4 Å². The minimum absolute atomic E-state index is 0.185. The van der Waals surface area contributed by atoms with Crippen molar-refractivity contribution in [1.82, 2.24) is 9.55 Å². The predicted octanol–water partition coefficient (Wildman–Crippen LogP) is 2.22. The third kappa shape index (κ3) is 1.20. The second kappa shape index (κ2) is 3.13. The van der Waals surface area contributed by atoms with Crippen molar-refractivity contribution in [3.05, 3.63) is 52.6 Å². The van der Waals surface area contributed by atoms with Gasteiger partial charge in [-0.15, -0.1) is 0 Å². The van der Waals surface area contributed by atoms with Crippen LogP contribution in [0, 0.1) is 6.92 Å². The molecule has 0 amide bonds. The minimum Gasteiger partial charge on any atom is -0.448 e. The maximum Gasteiger partial charge on any atom is 0.333 e. The van der Waals surface area contributed by atoms with Crippen LogP contribution in [0.4, 0.5) is 0 Å². The lowest BCUT2D eigenvalue weighted by Gasteiger charge is -1.98. The first kappa shape index (κ1) is 9.03. The predicted molar refractivity (Wildman–Crippen MR) is 60.9 cm³/mol. The van der Waals surface area contributed by atoms with E-state index in [0.29, 0.717) is 5.88 Å². The molecule has 0 saturated heterocycles. The Morgan fingerprint density at radius 1 is 1.31 bits per heavy atom. The highest BCUT2D eigenvalue weighted by molar-refractivity contribution is 5.77. The first-order chi connectivity index (χ1) is 7.75. The summed E-state index contributed by atoms with van der Waals surface area (Å²) in [5, 5.41) is 0. The van der Waals surface area contributed by atoms with Gasteiger partial charge in [0.1, 0.15) is 0 Å². The Hall–Kier alpha value is -2.23. The summed E-state index contributed by atoms with van der Waals surface area (Å²) in [6.45, 7) is 1.99. The van der Waals surface area contributed by atoms with Gasteiger partial charge < -0.3 is 9.40 Å². The van der Waals surface area contributed by atoms with E-state index >= 15 is 0 Å². The number of imidazole rings is 1. The molecule has 0 spiro atoms. The lowest BCUT2D eigenvalue weighted by Crippen LogP contribution is -2.13. The van der Waals surface area contributed by atoms with Crippen molar-refractivity contribution in [3.8, 4) is 5.88 Å². The number of rotatable bonds is 1. The number of benzene rings is 1. The number of H-pyrrole nitrogens is 1. The fourth-order valence-corrected chi connectivity index (χ4v) is 1.83. The molecule has 80 valence electrons. The molecule has 2 aromatic heterocycles. The van der Waals surface area contributed by atoms with Crippen molar-refractivity contribution < 1.29 is 4.42 Å². The molecule has 0 aliphatic rings. The van der Waals surface area contributed by atoms with Gasteiger partial charge in [0.25, 0.3) is 0 Å². The van der Waals surface area contributed by atoms with Crippen molar-refractivity contribution >= 4 is 11.0 Å². The van der Waals surface area contributed by atoms with Crippen LogP contribution in [0.2, 0.25) is 0 Å². The van der Waals surface area contributed by atoms with E-state index in [9.17, 15) is 4.79 Å². The van der Waals surface area contributed by atoms with E-state index in [1.807, 2.05) is 25.1 Å². The number of aromatic amines is 1. The molecule has 4 nitrogen and oxygen atoms in total. The van der Waals surface area contributed by atoms with Crippen molar-refractivity contribution in [2.24, 2.45) is 0 Å². The van der Waals surface area contributed by atoms with Crippen LogP contribution < -0.4 is 5.69 Å². The molecule has 0 unspecified atom stereocenters. The number of hydrogen-bond acceptors (Lipinski definition) is 2. The monoisotopic (exact) mass is 214 g/mol. The first-order valence-corrected chi connectivity index (χ1v) is 5.01. The van der Waals surface area contributed by atoms with Crippen LogP contribution in [-0.2, 0) is 0 Å². The highest BCUT2D eigenvalue weighted by atomic mass is 16.3. The number of nitrogens with zero attached hydrogens (tertiary/aromatic N) is 1. The van der Waals surface area contributed by atoms with Crippen molar-refractivity contribution in [2.45, 2.75) is 6.92 Å². The average molecular weight is 214 g/mol. The third-order valence-electron chi connectivity index (χ3n) is 2.57. The zero-order valence-electron chi connectivity index (χ0n) is 8.73. The smallest absolute Gasteiger partial charge is 0.333 e. The lowest BCUT2D eigenvalue weighted by atomic mass is 10.2. The molecule has 16 heavy (non-hydrogen) atoms. The average Bonchev–Trinajstić information content (AvgIpc) is 2.83. The van der Waals surface area contributed by atoms with Gasteiger partial charge in [-0.25, -0.2) is 9.36 Å². The second-order valence-corrected chi connectivity index (χ2v) is 3.74. The first-order valence-electron chi connectivity index (χ1n) is 5.01. The summed E-state index contributed by atoms with van der Waals surface area (Å²) in [5.41, 5.74) is 2.56. The van der Waals surface area contributed by atoms with Crippen LogP contribution in [0.15, 0.2) is 45.8 Å². The molecule has 0 bridgehead atoms. The van der Waals surface area contributed by atoms with Gasteiger partial charge in [0.05, 0.1) is 17.3 Å². The largest absolute Gasteiger partial charge is 0.448 e. The fourth-order valence-electron chi connectivity index (χ4n) is 1.83. The maximum absolute atomic E-state index is 11.8. The van der Waals surface area contributed by atoms with Crippen LogP contribution in [0.5, 0.6) is 0 Å². The van der Waals surface area contributed by atoms with Gasteiger partial charge in [-0.1, -0.05) is 6.07 Å². The molecule has 4 heteroatoms. The molecule has 3 rings (SSSR count). The molecule has 0 atom stereocenters. The van der Waals surface area contributed by atoms with E-state index in [1.165, 1.54) is 4.57 Å². The Labute approximate surface area is 91.1 Å². The number of fused-ring (bicyclic) bond motifs is 1. The van der Waals surface area contributed by atoms with Crippen LogP contribution in [0.25, 0.3) is 16.9 Å². The molecular formula is C12H10N2O2. The van der Waals surface area contributed by atoms with Gasteiger partial charge in [0.2, 0.25) is 5.88 Å². The van der Waals surface area contributed by atoms with E-state index in [-0.39, 0.29) is 5.69 Å². The highest BCUT2D eigenvalue weighted by Crippen LogP contribution is 2.16. The van der Waals surface area contributed by atoms with Crippen LogP contribution in [-0.4, -0.2) is 9.55 Å². The quantitative estimate of drug-likeness (QED) is 0.675. The molecule has 2 heterocycles. The Morgan fingerprint density at radius 2 is 2.19 bits per heavy atom. The highest BCUT2D eigenvalue weighted by Gasteiger charge is 2.10. The molecular weight excluding hydrogens is 204 g/mol. The van der Waals surface area contributed by atoms with Gasteiger partial charge >= 0.3 is 5.69 Å². The Bertz CT molecular complexity index is 689. The summed E-state index contributed by atoms with van der Waals surface area (Å²) in [6, 6.07) is 9.33.